The third-order valence-corrected chi connectivity index (χ3v) is 5.93. The van der Waals surface area contributed by atoms with E-state index in [9.17, 15) is 31.4 Å². The summed E-state index contributed by atoms with van der Waals surface area (Å²) in [7, 11) is 0. The monoisotopic (exact) mass is 410 g/mol. The van der Waals surface area contributed by atoms with Crippen LogP contribution in [0.15, 0.2) is 36.5 Å². The molecule has 0 bridgehead atoms. The third kappa shape index (κ3) is 3.64. The Labute approximate surface area is 155 Å². The number of anilines is 1. The van der Waals surface area contributed by atoms with Gasteiger partial charge in [0.1, 0.15) is 0 Å². The molecule has 0 aliphatic carbocycles. The quantitative estimate of drug-likeness (QED) is 0.736. The van der Waals surface area contributed by atoms with Crippen molar-refractivity contribution in [3.05, 3.63) is 46.4 Å². The maximum absolute atomic E-state index is 13.0. The van der Waals surface area contributed by atoms with Crippen molar-refractivity contribution >= 4 is 17.0 Å². The number of para-hydroxylation sites is 1. The van der Waals surface area contributed by atoms with Crippen molar-refractivity contribution in [1.29, 1.82) is 0 Å². The largest absolute Gasteiger partial charge is 0.431 e. The molecule has 1 aromatic heterocycles. The third-order valence-electron chi connectivity index (χ3n) is 4.67. The first-order valence-electron chi connectivity index (χ1n) is 8.16. The SMILES string of the molecule is OC(c1cnc(C2CCN(c3ccccc3)CC2)s1)(C(F)(F)F)C(F)(F)F. The average molecular weight is 410 g/mol. The number of piperidine rings is 1. The molecule has 1 N–H and O–H groups in total. The van der Waals surface area contributed by atoms with Crippen LogP contribution in [0.3, 0.4) is 0 Å². The van der Waals surface area contributed by atoms with Gasteiger partial charge in [-0.3, -0.25) is 0 Å². The number of aromatic nitrogens is 1. The fraction of sp³-hybridized carbons (Fsp3) is 0.471. The van der Waals surface area contributed by atoms with Gasteiger partial charge in [-0.1, -0.05) is 18.2 Å². The first-order valence-corrected chi connectivity index (χ1v) is 8.97. The Balaban J connectivity index is 1.77. The molecule has 3 rings (SSSR count). The van der Waals surface area contributed by atoms with Gasteiger partial charge in [-0.25, -0.2) is 4.98 Å². The Kier molecular flexibility index (Phi) is 5.15. The fourth-order valence-electron chi connectivity index (χ4n) is 3.11. The van der Waals surface area contributed by atoms with E-state index >= 15 is 0 Å². The maximum Gasteiger partial charge on any atom is 0.431 e. The molecule has 148 valence electrons. The molecule has 2 heterocycles. The van der Waals surface area contributed by atoms with Crippen molar-refractivity contribution in [1.82, 2.24) is 4.98 Å². The molecule has 1 saturated heterocycles. The van der Waals surface area contributed by atoms with Gasteiger partial charge in [-0.15, -0.1) is 11.3 Å². The van der Waals surface area contributed by atoms with Gasteiger partial charge in [-0.05, 0) is 25.0 Å². The molecule has 0 unspecified atom stereocenters. The van der Waals surface area contributed by atoms with E-state index in [2.05, 4.69) is 9.88 Å². The Hall–Kier alpha value is -1.81. The zero-order chi connectivity index (χ0) is 19.9. The van der Waals surface area contributed by atoms with Gasteiger partial charge in [0.05, 0.1) is 9.88 Å². The first kappa shape index (κ1) is 19.9. The lowest BCUT2D eigenvalue weighted by molar-refractivity contribution is -0.375. The zero-order valence-electron chi connectivity index (χ0n) is 13.9. The van der Waals surface area contributed by atoms with E-state index in [1.165, 1.54) is 0 Å². The molecule has 1 aliphatic rings. The molecule has 0 atom stereocenters. The summed E-state index contributed by atoms with van der Waals surface area (Å²) in [4.78, 5) is 4.63. The molecule has 1 fully saturated rings. The van der Waals surface area contributed by atoms with Gasteiger partial charge in [0.15, 0.2) is 0 Å². The first-order chi connectivity index (χ1) is 12.5. The van der Waals surface area contributed by atoms with Crippen LogP contribution < -0.4 is 4.90 Å². The molecule has 2 aromatic rings. The van der Waals surface area contributed by atoms with Crippen molar-refractivity contribution in [3.63, 3.8) is 0 Å². The Bertz CT molecular complexity index is 752. The lowest BCUT2D eigenvalue weighted by Gasteiger charge is -2.33. The van der Waals surface area contributed by atoms with Crippen molar-refractivity contribution in [3.8, 4) is 0 Å². The van der Waals surface area contributed by atoms with Crippen LogP contribution in [0.2, 0.25) is 0 Å². The van der Waals surface area contributed by atoms with E-state index in [0.29, 0.717) is 32.1 Å². The predicted molar refractivity (Wildman–Crippen MR) is 88.8 cm³/mol. The summed E-state index contributed by atoms with van der Waals surface area (Å²) in [5.41, 5.74) is -3.89. The number of thiazole rings is 1. The van der Waals surface area contributed by atoms with Crippen LogP contribution in [-0.4, -0.2) is 35.5 Å². The predicted octanol–water partition coefficient (Wildman–Crippen LogP) is 4.84. The summed E-state index contributed by atoms with van der Waals surface area (Å²) < 4.78 is 77.9. The number of hydrogen-bond donors (Lipinski definition) is 1. The van der Waals surface area contributed by atoms with Crippen molar-refractivity contribution in [2.45, 2.75) is 36.7 Å². The smallest absolute Gasteiger partial charge is 0.371 e. The molecule has 10 heteroatoms. The van der Waals surface area contributed by atoms with Gasteiger partial charge in [0, 0.05) is 30.9 Å². The molecular formula is C17H16F6N2OS. The summed E-state index contributed by atoms with van der Waals surface area (Å²) in [5, 5.41) is 9.66. The van der Waals surface area contributed by atoms with E-state index in [-0.39, 0.29) is 22.3 Å². The van der Waals surface area contributed by atoms with Crippen LogP contribution in [0.1, 0.15) is 28.6 Å². The molecule has 1 aliphatic heterocycles. The molecule has 0 saturated carbocycles. The molecule has 0 spiro atoms. The highest BCUT2D eigenvalue weighted by molar-refractivity contribution is 7.11. The van der Waals surface area contributed by atoms with Gasteiger partial charge < -0.3 is 10.0 Å². The summed E-state index contributed by atoms with van der Waals surface area (Å²) in [6.45, 7) is 1.23. The average Bonchev–Trinajstić information content (AvgIpc) is 3.10. The highest BCUT2D eigenvalue weighted by Crippen LogP contribution is 2.52. The van der Waals surface area contributed by atoms with Crippen molar-refractivity contribution in [2.75, 3.05) is 18.0 Å². The fourth-order valence-corrected chi connectivity index (χ4v) is 4.32. The van der Waals surface area contributed by atoms with Crippen LogP contribution >= 0.6 is 11.3 Å². The second-order valence-corrected chi connectivity index (χ2v) is 7.43. The number of benzene rings is 1. The summed E-state index contributed by atoms with van der Waals surface area (Å²) >= 11 is 0.278. The van der Waals surface area contributed by atoms with E-state index in [1.807, 2.05) is 30.3 Å². The van der Waals surface area contributed by atoms with Crippen LogP contribution in [0.4, 0.5) is 32.0 Å². The maximum atomic E-state index is 13.0. The van der Waals surface area contributed by atoms with E-state index in [0.717, 1.165) is 5.69 Å². The second kappa shape index (κ2) is 6.97. The lowest BCUT2D eigenvalue weighted by Crippen LogP contribution is -2.53. The highest BCUT2D eigenvalue weighted by atomic mass is 32.1. The van der Waals surface area contributed by atoms with Gasteiger partial charge >= 0.3 is 12.4 Å². The summed E-state index contributed by atoms with van der Waals surface area (Å²) in [5.74, 6) is -0.241. The van der Waals surface area contributed by atoms with Crippen LogP contribution in [0, 0.1) is 0 Å². The van der Waals surface area contributed by atoms with E-state index in [4.69, 9.17) is 0 Å². The minimum absolute atomic E-state index is 0.185. The summed E-state index contributed by atoms with van der Waals surface area (Å²) in [6.07, 6.45) is -10.2. The molecule has 27 heavy (non-hydrogen) atoms. The molecular weight excluding hydrogens is 394 g/mol. The molecule has 0 radical (unpaired) electrons. The van der Waals surface area contributed by atoms with Gasteiger partial charge in [-0.2, -0.15) is 26.3 Å². The van der Waals surface area contributed by atoms with E-state index in [1.54, 1.807) is 0 Å². The molecule has 3 nitrogen and oxygen atoms in total. The standard InChI is InChI=1S/C17H16F6N2OS/c18-16(19,20)15(26,17(21,22)23)13-10-24-14(27-13)11-6-8-25(9-7-11)12-4-2-1-3-5-12/h1-5,10-11,26H,6-9H2. The minimum atomic E-state index is -5.88. The minimum Gasteiger partial charge on any atom is -0.371 e. The molecule has 1 aromatic carbocycles. The van der Waals surface area contributed by atoms with Crippen molar-refractivity contribution < 1.29 is 31.4 Å². The van der Waals surface area contributed by atoms with E-state index < -0.39 is 22.8 Å². The van der Waals surface area contributed by atoms with Crippen LogP contribution in [-0.2, 0) is 5.60 Å². The Morgan fingerprint density at radius 3 is 2.04 bits per heavy atom. The highest BCUT2D eigenvalue weighted by Gasteiger charge is 2.72. The van der Waals surface area contributed by atoms with Crippen molar-refractivity contribution in [2.24, 2.45) is 0 Å². The summed E-state index contributed by atoms with van der Waals surface area (Å²) in [6, 6.07) is 9.55. The number of nitrogens with zero attached hydrogens (tertiary/aromatic N) is 2. The number of hydrogen-bond acceptors (Lipinski definition) is 4. The number of rotatable bonds is 3. The zero-order valence-corrected chi connectivity index (χ0v) is 14.7. The number of alkyl halides is 6. The molecule has 0 amide bonds. The number of aliphatic hydroxyl groups is 1. The van der Waals surface area contributed by atoms with Gasteiger partial charge in [0.25, 0.3) is 5.60 Å². The van der Waals surface area contributed by atoms with Gasteiger partial charge in [0.2, 0.25) is 0 Å². The topological polar surface area (TPSA) is 36.4 Å². The lowest BCUT2D eigenvalue weighted by atomic mass is 9.97. The normalized spacial score (nSPS) is 17.4. The Morgan fingerprint density at radius 1 is 0.963 bits per heavy atom. The number of halogens is 6. The van der Waals surface area contributed by atoms with Crippen LogP contribution in [0.5, 0.6) is 0 Å². The van der Waals surface area contributed by atoms with Crippen LogP contribution in [0.25, 0.3) is 0 Å². The second-order valence-electron chi connectivity index (χ2n) is 6.37. The Morgan fingerprint density at radius 2 is 1.52 bits per heavy atom.